The molecule has 3 heteroatoms. The van der Waals surface area contributed by atoms with Gasteiger partial charge < -0.3 is 5.32 Å². The summed E-state index contributed by atoms with van der Waals surface area (Å²) in [5, 5.41) is 2.81. The van der Waals surface area contributed by atoms with Crippen LogP contribution in [-0.4, -0.2) is 18.3 Å². The summed E-state index contributed by atoms with van der Waals surface area (Å²) in [4.78, 5) is 10.7. The van der Waals surface area contributed by atoms with Crippen LogP contribution in [0.15, 0.2) is 0 Å². The van der Waals surface area contributed by atoms with Crippen molar-refractivity contribution < 1.29 is 4.79 Å². The van der Waals surface area contributed by atoms with Crippen LogP contribution in [0, 0.1) is 0 Å². The zero-order chi connectivity index (χ0) is 8.53. The fraction of sp³-hybridized carbons (Fsp3) is 0.875. The summed E-state index contributed by atoms with van der Waals surface area (Å²) < 4.78 is 0. The number of halogens is 1. The van der Waals surface area contributed by atoms with E-state index in [0.29, 0.717) is 6.42 Å². The summed E-state index contributed by atoms with van der Waals surface area (Å²) in [5.74, 6) is 0.859. The molecule has 0 atom stereocenters. The molecule has 0 fully saturated rings. The molecule has 2 nitrogen and oxygen atoms in total. The predicted molar refractivity (Wildman–Crippen MR) is 47.9 cm³/mol. The third-order valence-electron chi connectivity index (χ3n) is 1.45. The SMILES string of the molecule is CCC(=O)NCCCCCCl. The molecule has 1 N–H and O–H groups in total. The third-order valence-corrected chi connectivity index (χ3v) is 1.72. The Morgan fingerprint density at radius 3 is 2.64 bits per heavy atom. The van der Waals surface area contributed by atoms with Crippen LogP contribution in [0.5, 0.6) is 0 Å². The highest BCUT2D eigenvalue weighted by Crippen LogP contribution is 1.95. The molecule has 0 bridgehead atoms. The first-order valence-electron chi connectivity index (χ1n) is 4.14. The van der Waals surface area contributed by atoms with E-state index in [2.05, 4.69) is 5.32 Å². The van der Waals surface area contributed by atoms with Crippen LogP contribution >= 0.6 is 11.6 Å². The molecule has 11 heavy (non-hydrogen) atoms. The highest BCUT2D eigenvalue weighted by Gasteiger charge is 1.93. The average Bonchev–Trinajstić information content (AvgIpc) is 2.04. The molecule has 0 aromatic rings. The molecule has 0 rings (SSSR count). The Kier molecular flexibility index (Phi) is 7.69. The van der Waals surface area contributed by atoms with Gasteiger partial charge in [0.05, 0.1) is 0 Å². The van der Waals surface area contributed by atoms with E-state index in [1.165, 1.54) is 0 Å². The van der Waals surface area contributed by atoms with Gasteiger partial charge in [0.25, 0.3) is 0 Å². The maximum atomic E-state index is 10.7. The first-order chi connectivity index (χ1) is 5.31. The van der Waals surface area contributed by atoms with E-state index in [0.717, 1.165) is 31.7 Å². The number of hydrogen-bond acceptors (Lipinski definition) is 1. The van der Waals surface area contributed by atoms with Crippen molar-refractivity contribution in [1.29, 1.82) is 0 Å². The monoisotopic (exact) mass is 177 g/mol. The quantitative estimate of drug-likeness (QED) is 0.488. The summed E-state index contributed by atoms with van der Waals surface area (Å²) >= 11 is 5.48. The summed E-state index contributed by atoms with van der Waals surface area (Å²) in [5.41, 5.74) is 0. The predicted octanol–water partition coefficient (Wildman–Crippen LogP) is 1.92. The van der Waals surface area contributed by atoms with Crippen LogP contribution in [0.1, 0.15) is 32.6 Å². The fourth-order valence-electron chi connectivity index (χ4n) is 0.749. The van der Waals surface area contributed by atoms with E-state index in [9.17, 15) is 4.79 Å². The summed E-state index contributed by atoms with van der Waals surface area (Å²) in [6, 6.07) is 0. The second-order valence-electron chi connectivity index (χ2n) is 2.45. The number of nitrogens with one attached hydrogen (secondary N) is 1. The van der Waals surface area contributed by atoms with Gasteiger partial charge in [-0.3, -0.25) is 4.79 Å². The van der Waals surface area contributed by atoms with Crippen LogP contribution in [0.3, 0.4) is 0 Å². The first kappa shape index (κ1) is 10.8. The molecule has 1 amide bonds. The molecule has 0 aromatic carbocycles. The lowest BCUT2D eigenvalue weighted by Gasteiger charge is -2.01. The number of carbonyl (C=O) groups excluding carboxylic acids is 1. The Labute approximate surface area is 73.3 Å². The third kappa shape index (κ3) is 7.66. The zero-order valence-electron chi connectivity index (χ0n) is 7.03. The minimum atomic E-state index is 0.135. The van der Waals surface area contributed by atoms with Crippen LogP contribution in [-0.2, 0) is 4.79 Å². The van der Waals surface area contributed by atoms with Gasteiger partial charge in [0.15, 0.2) is 0 Å². The van der Waals surface area contributed by atoms with Gasteiger partial charge in [-0.1, -0.05) is 13.3 Å². The maximum Gasteiger partial charge on any atom is 0.219 e. The van der Waals surface area contributed by atoms with Crippen molar-refractivity contribution in [3.8, 4) is 0 Å². The molecular weight excluding hydrogens is 162 g/mol. The summed E-state index contributed by atoms with van der Waals surface area (Å²) in [6.45, 7) is 2.65. The van der Waals surface area contributed by atoms with Crippen LogP contribution in [0.2, 0.25) is 0 Å². The van der Waals surface area contributed by atoms with Gasteiger partial charge in [-0.25, -0.2) is 0 Å². The molecule has 0 saturated carbocycles. The van der Waals surface area contributed by atoms with Gasteiger partial charge in [0, 0.05) is 18.8 Å². The minimum Gasteiger partial charge on any atom is -0.356 e. The van der Waals surface area contributed by atoms with Crippen LogP contribution in [0.4, 0.5) is 0 Å². The molecule has 0 aliphatic carbocycles. The van der Waals surface area contributed by atoms with Crippen LogP contribution in [0.25, 0.3) is 0 Å². The topological polar surface area (TPSA) is 29.1 Å². The second-order valence-corrected chi connectivity index (χ2v) is 2.83. The van der Waals surface area contributed by atoms with Gasteiger partial charge in [-0.2, -0.15) is 0 Å². The molecule has 0 radical (unpaired) electrons. The van der Waals surface area contributed by atoms with Crippen molar-refractivity contribution in [3.05, 3.63) is 0 Å². The van der Waals surface area contributed by atoms with Crippen molar-refractivity contribution in [2.24, 2.45) is 0 Å². The van der Waals surface area contributed by atoms with E-state index >= 15 is 0 Å². The standard InChI is InChI=1S/C8H16ClNO/c1-2-8(11)10-7-5-3-4-6-9/h2-7H2,1H3,(H,10,11). The average molecular weight is 178 g/mol. The number of rotatable bonds is 6. The Hall–Kier alpha value is -0.240. The van der Waals surface area contributed by atoms with Crippen molar-refractivity contribution in [3.63, 3.8) is 0 Å². The van der Waals surface area contributed by atoms with Crippen molar-refractivity contribution in [2.75, 3.05) is 12.4 Å². The number of amides is 1. The number of unbranched alkanes of at least 4 members (excludes halogenated alkanes) is 2. The van der Waals surface area contributed by atoms with Crippen molar-refractivity contribution in [1.82, 2.24) is 5.32 Å². The lowest BCUT2D eigenvalue weighted by atomic mass is 10.2. The van der Waals surface area contributed by atoms with Gasteiger partial charge in [-0.05, 0) is 12.8 Å². The normalized spacial score (nSPS) is 9.64. The van der Waals surface area contributed by atoms with Gasteiger partial charge in [0.2, 0.25) is 5.91 Å². The molecule has 0 unspecified atom stereocenters. The molecule has 0 spiro atoms. The molecular formula is C8H16ClNO. The van der Waals surface area contributed by atoms with E-state index in [1.54, 1.807) is 0 Å². The number of hydrogen-bond donors (Lipinski definition) is 1. The van der Waals surface area contributed by atoms with E-state index in [4.69, 9.17) is 11.6 Å². The molecule has 0 aromatic heterocycles. The Bertz CT molecular complexity index is 106. The Morgan fingerprint density at radius 2 is 2.09 bits per heavy atom. The largest absolute Gasteiger partial charge is 0.356 e. The second kappa shape index (κ2) is 7.86. The van der Waals surface area contributed by atoms with Gasteiger partial charge >= 0.3 is 0 Å². The summed E-state index contributed by atoms with van der Waals surface area (Å²) in [7, 11) is 0. The van der Waals surface area contributed by atoms with Gasteiger partial charge in [-0.15, -0.1) is 11.6 Å². The van der Waals surface area contributed by atoms with E-state index in [1.807, 2.05) is 6.92 Å². The maximum absolute atomic E-state index is 10.7. The van der Waals surface area contributed by atoms with Gasteiger partial charge in [0.1, 0.15) is 0 Å². The minimum absolute atomic E-state index is 0.135. The van der Waals surface area contributed by atoms with Crippen molar-refractivity contribution >= 4 is 17.5 Å². The molecule has 0 saturated heterocycles. The fourth-order valence-corrected chi connectivity index (χ4v) is 0.938. The smallest absolute Gasteiger partial charge is 0.219 e. The zero-order valence-corrected chi connectivity index (χ0v) is 7.78. The molecule has 0 aliphatic heterocycles. The highest BCUT2D eigenvalue weighted by atomic mass is 35.5. The number of alkyl halides is 1. The van der Waals surface area contributed by atoms with Crippen LogP contribution < -0.4 is 5.32 Å². The highest BCUT2D eigenvalue weighted by molar-refractivity contribution is 6.17. The molecule has 0 heterocycles. The van der Waals surface area contributed by atoms with E-state index < -0.39 is 0 Å². The Balaban J connectivity index is 2.95. The Morgan fingerprint density at radius 1 is 1.36 bits per heavy atom. The van der Waals surface area contributed by atoms with Crippen molar-refractivity contribution in [2.45, 2.75) is 32.6 Å². The lowest BCUT2D eigenvalue weighted by Crippen LogP contribution is -2.23. The van der Waals surface area contributed by atoms with E-state index in [-0.39, 0.29) is 5.91 Å². The summed E-state index contributed by atoms with van der Waals surface area (Å²) in [6.07, 6.45) is 3.77. The first-order valence-corrected chi connectivity index (χ1v) is 4.67. The number of carbonyl (C=O) groups is 1. The molecule has 66 valence electrons. The molecule has 0 aliphatic rings. The lowest BCUT2D eigenvalue weighted by molar-refractivity contribution is -0.120.